The number of benzene rings is 2. The second-order valence-electron chi connectivity index (χ2n) is 6.43. The summed E-state index contributed by atoms with van der Waals surface area (Å²) in [6.07, 6.45) is 0.506. The molecule has 6 nitrogen and oxygen atoms in total. The third-order valence-electron chi connectivity index (χ3n) is 4.42. The highest BCUT2D eigenvalue weighted by Gasteiger charge is 2.28. The third-order valence-corrected chi connectivity index (χ3v) is 4.95. The van der Waals surface area contributed by atoms with E-state index in [2.05, 4.69) is 21.2 Å². The molecule has 0 saturated carbocycles. The van der Waals surface area contributed by atoms with E-state index < -0.39 is 6.04 Å². The van der Waals surface area contributed by atoms with Crippen LogP contribution in [-0.4, -0.2) is 43.0 Å². The summed E-state index contributed by atoms with van der Waals surface area (Å²) in [5.74, 6) is 0.917. The smallest absolute Gasteiger partial charge is 0.261 e. The molecular weight excluding hydrogens is 436 g/mol. The predicted molar refractivity (Wildman–Crippen MR) is 116 cm³/mol. The Balaban J connectivity index is 2.17. The van der Waals surface area contributed by atoms with Gasteiger partial charge in [-0.1, -0.05) is 35.0 Å². The molecule has 7 heteroatoms. The van der Waals surface area contributed by atoms with Crippen LogP contribution in [0, 0.1) is 0 Å². The lowest BCUT2D eigenvalue weighted by atomic mass is 10.1. The Hall–Kier alpha value is -2.54. The zero-order valence-electron chi connectivity index (χ0n) is 17.0. The van der Waals surface area contributed by atoms with Gasteiger partial charge in [0, 0.05) is 17.6 Å². The van der Waals surface area contributed by atoms with Gasteiger partial charge in [-0.25, -0.2) is 0 Å². The van der Waals surface area contributed by atoms with Gasteiger partial charge in [-0.05, 0) is 55.3 Å². The van der Waals surface area contributed by atoms with E-state index in [9.17, 15) is 9.59 Å². The lowest BCUT2D eigenvalue weighted by molar-refractivity contribution is -0.142. The van der Waals surface area contributed by atoms with Gasteiger partial charge < -0.3 is 19.7 Å². The number of halogens is 1. The van der Waals surface area contributed by atoms with Gasteiger partial charge in [-0.2, -0.15) is 0 Å². The normalized spacial score (nSPS) is 11.4. The molecule has 0 aliphatic rings. The number of nitrogens with one attached hydrogen (secondary N) is 1. The molecule has 2 amide bonds. The molecule has 0 spiro atoms. The van der Waals surface area contributed by atoms with Gasteiger partial charge in [0.05, 0.1) is 7.11 Å². The van der Waals surface area contributed by atoms with E-state index in [1.54, 1.807) is 24.1 Å². The van der Waals surface area contributed by atoms with Crippen LogP contribution in [0.4, 0.5) is 0 Å². The van der Waals surface area contributed by atoms with Crippen LogP contribution in [0.25, 0.3) is 0 Å². The van der Waals surface area contributed by atoms with Crippen LogP contribution < -0.4 is 14.8 Å². The monoisotopic (exact) mass is 462 g/mol. The number of carbonyl (C=O) groups excluding carboxylic acids is 2. The fourth-order valence-electron chi connectivity index (χ4n) is 2.90. The van der Waals surface area contributed by atoms with Crippen LogP contribution in [-0.2, 0) is 16.1 Å². The third kappa shape index (κ3) is 6.78. The van der Waals surface area contributed by atoms with E-state index in [4.69, 9.17) is 9.47 Å². The number of rotatable bonds is 10. The molecule has 0 aliphatic heterocycles. The molecule has 1 atom stereocenters. The van der Waals surface area contributed by atoms with Crippen molar-refractivity contribution in [2.75, 3.05) is 20.3 Å². The highest BCUT2D eigenvalue weighted by Crippen LogP contribution is 2.18. The lowest BCUT2D eigenvalue weighted by Crippen LogP contribution is -2.50. The topological polar surface area (TPSA) is 67.9 Å². The maximum Gasteiger partial charge on any atom is 0.261 e. The van der Waals surface area contributed by atoms with Crippen molar-refractivity contribution in [3.63, 3.8) is 0 Å². The standard InChI is InChI=1S/C22H27BrN2O4/c1-4-20(22(27)24-5-2)25(14-16-6-10-18(28-3)11-7-16)21(26)15-29-19-12-8-17(23)9-13-19/h6-13,20H,4-5,14-15H2,1-3H3,(H,24,27). The molecule has 1 N–H and O–H groups in total. The minimum absolute atomic E-state index is 0.145. The van der Waals surface area contributed by atoms with E-state index in [0.29, 0.717) is 25.3 Å². The lowest BCUT2D eigenvalue weighted by Gasteiger charge is -2.30. The van der Waals surface area contributed by atoms with Gasteiger partial charge in [0.25, 0.3) is 5.91 Å². The number of amides is 2. The van der Waals surface area contributed by atoms with E-state index >= 15 is 0 Å². The van der Waals surface area contributed by atoms with Gasteiger partial charge in [-0.3, -0.25) is 9.59 Å². The Morgan fingerprint density at radius 1 is 1.03 bits per heavy atom. The van der Waals surface area contributed by atoms with Crippen molar-refractivity contribution in [2.45, 2.75) is 32.9 Å². The van der Waals surface area contributed by atoms with E-state index in [1.165, 1.54) is 0 Å². The number of likely N-dealkylation sites (N-methyl/N-ethyl adjacent to an activating group) is 1. The first-order valence-electron chi connectivity index (χ1n) is 9.56. The molecule has 0 fully saturated rings. The largest absolute Gasteiger partial charge is 0.497 e. The maximum atomic E-state index is 13.0. The molecule has 29 heavy (non-hydrogen) atoms. The summed E-state index contributed by atoms with van der Waals surface area (Å²) in [5, 5.41) is 2.82. The van der Waals surface area contributed by atoms with Gasteiger partial charge in [0.1, 0.15) is 17.5 Å². The molecule has 1 unspecified atom stereocenters. The van der Waals surface area contributed by atoms with Crippen LogP contribution in [0.3, 0.4) is 0 Å². The molecule has 0 aromatic heterocycles. The molecule has 0 bridgehead atoms. The average Bonchev–Trinajstić information content (AvgIpc) is 2.73. The Kier molecular flexibility index (Phi) is 8.99. The fraction of sp³-hybridized carbons (Fsp3) is 0.364. The first kappa shape index (κ1) is 22.7. The van der Waals surface area contributed by atoms with Crippen molar-refractivity contribution in [1.82, 2.24) is 10.2 Å². The Bertz CT molecular complexity index is 793. The molecular formula is C22H27BrN2O4. The first-order chi connectivity index (χ1) is 14.0. The SMILES string of the molecule is CCNC(=O)C(CC)N(Cc1ccc(OC)cc1)C(=O)COc1ccc(Br)cc1. The Morgan fingerprint density at radius 2 is 1.66 bits per heavy atom. The average molecular weight is 463 g/mol. The summed E-state index contributed by atoms with van der Waals surface area (Å²) in [7, 11) is 1.60. The molecule has 0 saturated heterocycles. The van der Waals surface area contributed by atoms with Gasteiger partial charge in [0.15, 0.2) is 6.61 Å². The van der Waals surface area contributed by atoms with Crippen molar-refractivity contribution >= 4 is 27.7 Å². The summed E-state index contributed by atoms with van der Waals surface area (Å²) < 4.78 is 11.8. The second kappa shape index (κ2) is 11.5. The fourth-order valence-corrected chi connectivity index (χ4v) is 3.16. The van der Waals surface area contributed by atoms with Crippen molar-refractivity contribution in [1.29, 1.82) is 0 Å². The number of carbonyl (C=O) groups is 2. The molecule has 2 rings (SSSR count). The van der Waals surface area contributed by atoms with E-state index in [-0.39, 0.29) is 18.4 Å². The number of nitrogens with zero attached hydrogens (tertiary/aromatic N) is 1. The minimum Gasteiger partial charge on any atom is -0.497 e. The molecule has 156 valence electrons. The molecule has 0 aliphatic carbocycles. The molecule has 2 aromatic rings. The van der Waals surface area contributed by atoms with Crippen molar-refractivity contribution in [2.24, 2.45) is 0 Å². The number of hydrogen-bond acceptors (Lipinski definition) is 4. The summed E-state index contributed by atoms with van der Waals surface area (Å²) in [4.78, 5) is 27.1. The van der Waals surface area contributed by atoms with Gasteiger partial charge >= 0.3 is 0 Å². The number of hydrogen-bond donors (Lipinski definition) is 1. The van der Waals surface area contributed by atoms with Crippen LogP contribution in [0.2, 0.25) is 0 Å². The quantitative estimate of drug-likeness (QED) is 0.583. The van der Waals surface area contributed by atoms with Gasteiger partial charge in [0.2, 0.25) is 5.91 Å². The predicted octanol–water partition coefficient (Wildman–Crippen LogP) is 3.78. The Morgan fingerprint density at radius 3 is 2.21 bits per heavy atom. The molecule has 2 aromatic carbocycles. The van der Waals surface area contributed by atoms with E-state index in [1.807, 2.05) is 50.2 Å². The van der Waals surface area contributed by atoms with Crippen LogP contribution in [0.1, 0.15) is 25.8 Å². The minimum atomic E-state index is -0.571. The number of methoxy groups -OCH3 is 1. The zero-order valence-corrected chi connectivity index (χ0v) is 18.6. The maximum absolute atomic E-state index is 13.0. The van der Waals surface area contributed by atoms with Gasteiger partial charge in [-0.15, -0.1) is 0 Å². The summed E-state index contributed by atoms with van der Waals surface area (Å²) in [5.41, 5.74) is 0.908. The molecule has 0 heterocycles. The Labute approximate surface area is 180 Å². The number of ether oxygens (including phenoxy) is 2. The van der Waals surface area contributed by atoms with Crippen LogP contribution >= 0.6 is 15.9 Å². The molecule has 0 radical (unpaired) electrons. The van der Waals surface area contributed by atoms with Crippen molar-refractivity contribution in [3.05, 3.63) is 58.6 Å². The zero-order chi connectivity index (χ0) is 21.2. The summed E-state index contributed by atoms with van der Waals surface area (Å²) >= 11 is 3.37. The highest BCUT2D eigenvalue weighted by molar-refractivity contribution is 9.10. The van der Waals surface area contributed by atoms with Crippen molar-refractivity contribution in [3.8, 4) is 11.5 Å². The summed E-state index contributed by atoms with van der Waals surface area (Å²) in [6.45, 7) is 4.42. The second-order valence-corrected chi connectivity index (χ2v) is 7.35. The highest BCUT2D eigenvalue weighted by atomic mass is 79.9. The van der Waals surface area contributed by atoms with E-state index in [0.717, 1.165) is 15.8 Å². The van der Waals surface area contributed by atoms with Crippen LogP contribution in [0.15, 0.2) is 53.0 Å². The first-order valence-corrected chi connectivity index (χ1v) is 10.4. The van der Waals surface area contributed by atoms with Crippen LogP contribution in [0.5, 0.6) is 11.5 Å². The van der Waals surface area contributed by atoms with Crippen molar-refractivity contribution < 1.29 is 19.1 Å². The summed E-state index contributed by atoms with van der Waals surface area (Å²) in [6, 6.07) is 14.1.